The van der Waals surface area contributed by atoms with Crippen molar-refractivity contribution >= 4 is 17.7 Å². The number of rotatable bonds is 6. The topological polar surface area (TPSA) is 83.8 Å². The van der Waals surface area contributed by atoms with Crippen molar-refractivity contribution in [3.8, 4) is 11.6 Å². The highest BCUT2D eigenvalue weighted by Crippen LogP contribution is 2.26. The van der Waals surface area contributed by atoms with Gasteiger partial charge in [-0.25, -0.2) is 0 Å². The fourth-order valence-corrected chi connectivity index (χ4v) is 3.52. The monoisotopic (exact) mass is 334 g/mol. The summed E-state index contributed by atoms with van der Waals surface area (Å²) in [4.78, 5) is 15.2. The molecule has 1 aliphatic rings. The van der Waals surface area contributed by atoms with E-state index in [1.54, 1.807) is 6.20 Å². The molecule has 124 valence electrons. The number of H-pyrrole nitrogens is 1. The molecule has 2 heterocycles. The van der Waals surface area contributed by atoms with E-state index in [9.17, 15) is 4.79 Å². The summed E-state index contributed by atoms with van der Waals surface area (Å²) < 4.78 is 5.57. The van der Waals surface area contributed by atoms with Crippen molar-refractivity contribution in [1.29, 1.82) is 0 Å². The molecule has 0 aliphatic heterocycles. The predicted octanol–water partition coefficient (Wildman–Crippen LogP) is 3.24. The van der Waals surface area contributed by atoms with Gasteiger partial charge in [0.05, 0.1) is 5.25 Å². The molecular formula is C16H22N4O2S. The minimum Gasteiger partial charge on any atom is -0.410 e. The van der Waals surface area contributed by atoms with Gasteiger partial charge in [-0.3, -0.25) is 4.79 Å². The van der Waals surface area contributed by atoms with Gasteiger partial charge in [-0.05, 0) is 37.8 Å². The number of amides is 1. The Kier molecular flexibility index (Phi) is 5.38. The number of hydrogen-bond donors (Lipinski definition) is 2. The van der Waals surface area contributed by atoms with E-state index in [0.717, 1.165) is 12.2 Å². The first-order valence-electron chi connectivity index (χ1n) is 8.14. The number of carbonyl (C=O) groups is 1. The van der Waals surface area contributed by atoms with Crippen LogP contribution in [-0.4, -0.2) is 32.9 Å². The molecule has 6 nitrogen and oxygen atoms in total. The zero-order valence-electron chi connectivity index (χ0n) is 13.2. The lowest BCUT2D eigenvalue weighted by Crippen LogP contribution is -2.35. The number of nitrogens with zero attached hydrogens (tertiary/aromatic N) is 2. The van der Waals surface area contributed by atoms with Crippen molar-refractivity contribution < 1.29 is 9.21 Å². The van der Waals surface area contributed by atoms with Crippen LogP contribution in [0.2, 0.25) is 0 Å². The molecule has 0 spiro atoms. The average molecular weight is 334 g/mol. The van der Waals surface area contributed by atoms with Crippen LogP contribution < -0.4 is 5.32 Å². The lowest BCUT2D eigenvalue weighted by molar-refractivity contribution is -0.120. The fraction of sp³-hybridized carbons (Fsp3) is 0.562. The predicted molar refractivity (Wildman–Crippen MR) is 89.0 cm³/mol. The number of nitrogens with one attached hydrogen (secondary N) is 2. The average Bonchev–Trinajstić information content (AvgIpc) is 3.24. The van der Waals surface area contributed by atoms with Crippen molar-refractivity contribution in [2.24, 2.45) is 5.92 Å². The molecule has 2 aromatic heterocycles. The van der Waals surface area contributed by atoms with E-state index < -0.39 is 0 Å². The smallest absolute Gasteiger partial charge is 0.277 e. The number of hydrogen-bond acceptors (Lipinski definition) is 5. The van der Waals surface area contributed by atoms with Gasteiger partial charge in [-0.1, -0.05) is 31.0 Å². The van der Waals surface area contributed by atoms with Gasteiger partial charge in [0.1, 0.15) is 5.69 Å². The first kappa shape index (κ1) is 16.1. The van der Waals surface area contributed by atoms with Crippen LogP contribution in [-0.2, 0) is 4.79 Å². The Morgan fingerprint density at radius 1 is 1.43 bits per heavy atom. The Hall–Kier alpha value is -1.76. The highest BCUT2D eigenvalue weighted by Gasteiger charge is 2.20. The van der Waals surface area contributed by atoms with Gasteiger partial charge in [0.25, 0.3) is 11.1 Å². The van der Waals surface area contributed by atoms with Gasteiger partial charge in [0.2, 0.25) is 5.91 Å². The minimum absolute atomic E-state index is 0.0280. The van der Waals surface area contributed by atoms with E-state index in [-0.39, 0.29) is 11.2 Å². The summed E-state index contributed by atoms with van der Waals surface area (Å²) in [5, 5.41) is 11.2. The summed E-state index contributed by atoms with van der Waals surface area (Å²) in [6, 6.07) is 3.73. The van der Waals surface area contributed by atoms with E-state index in [0.29, 0.717) is 17.0 Å². The zero-order valence-corrected chi connectivity index (χ0v) is 14.1. The molecule has 1 atom stereocenters. The second-order valence-corrected chi connectivity index (χ2v) is 7.26. The van der Waals surface area contributed by atoms with E-state index in [2.05, 4.69) is 20.5 Å². The lowest BCUT2D eigenvalue weighted by atomic mass is 9.89. The first-order chi connectivity index (χ1) is 11.2. The molecule has 23 heavy (non-hydrogen) atoms. The van der Waals surface area contributed by atoms with Gasteiger partial charge in [0.15, 0.2) is 0 Å². The number of thioether (sulfide) groups is 1. The highest BCUT2D eigenvalue weighted by molar-refractivity contribution is 8.00. The van der Waals surface area contributed by atoms with Crippen LogP contribution in [0.3, 0.4) is 0 Å². The standard InChI is InChI=1S/C16H22N4O2S/c1-11(14(21)18-10-12-6-3-2-4-7-12)23-16-20-19-15(22-16)13-8-5-9-17-13/h5,8-9,11-12,17H,2-4,6-7,10H2,1H3,(H,18,21). The molecule has 2 aromatic rings. The van der Waals surface area contributed by atoms with Crippen molar-refractivity contribution in [2.75, 3.05) is 6.54 Å². The number of aromatic amines is 1. The SMILES string of the molecule is CC(Sc1nnc(-c2ccc[nH]2)o1)C(=O)NCC1CCCCC1. The quantitative estimate of drug-likeness (QED) is 0.792. The van der Waals surface area contributed by atoms with E-state index >= 15 is 0 Å². The molecule has 1 saturated carbocycles. The maximum absolute atomic E-state index is 12.2. The second-order valence-electron chi connectivity index (χ2n) is 5.97. The Bertz CT molecular complexity index is 620. The van der Waals surface area contributed by atoms with Crippen LogP contribution in [0.1, 0.15) is 39.0 Å². The summed E-state index contributed by atoms with van der Waals surface area (Å²) in [6.07, 6.45) is 8.16. The molecule has 0 radical (unpaired) electrons. The summed E-state index contributed by atoms with van der Waals surface area (Å²) in [7, 11) is 0. The number of carbonyl (C=O) groups excluding carboxylic acids is 1. The second kappa shape index (κ2) is 7.68. The van der Waals surface area contributed by atoms with Crippen molar-refractivity contribution in [1.82, 2.24) is 20.5 Å². The lowest BCUT2D eigenvalue weighted by Gasteiger charge is -2.22. The largest absolute Gasteiger partial charge is 0.410 e. The molecule has 2 N–H and O–H groups in total. The first-order valence-corrected chi connectivity index (χ1v) is 9.02. The van der Waals surface area contributed by atoms with Gasteiger partial charge in [0, 0.05) is 12.7 Å². The summed E-state index contributed by atoms with van der Waals surface area (Å²) in [5.41, 5.74) is 0.777. The Balaban J connectivity index is 1.48. The van der Waals surface area contributed by atoms with Crippen LogP contribution >= 0.6 is 11.8 Å². The maximum Gasteiger partial charge on any atom is 0.277 e. The van der Waals surface area contributed by atoms with E-state index in [1.807, 2.05) is 19.1 Å². The molecule has 1 unspecified atom stereocenters. The van der Waals surface area contributed by atoms with Gasteiger partial charge >= 0.3 is 0 Å². The van der Waals surface area contributed by atoms with Crippen LogP contribution in [0, 0.1) is 5.92 Å². The van der Waals surface area contributed by atoms with Crippen molar-refractivity contribution in [2.45, 2.75) is 49.5 Å². The molecular weight excluding hydrogens is 312 g/mol. The molecule has 0 bridgehead atoms. The Morgan fingerprint density at radius 2 is 2.26 bits per heavy atom. The molecule has 0 saturated heterocycles. The Labute approximate surface area is 139 Å². The third kappa shape index (κ3) is 4.37. The van der Waals surface area contributed by atoms with Crippen LogP contribution in [0.4, 0.5) is 0 Å². The van der Waals surface area contributed by atoms with Gasteiger partial charge < -0.3 is 14.7 Å². The third-order valence-corrected chi connectivity index (χ3v) is 5.11. The molecule has 1 fully saturated rings. The van der Waals surface area contributed by atoms with Crippen LogP contribution in [0.25, 0.3) is 11.6 Å². The molecule has 7 heteroatoms. The maximum atomic E-state index is 12.2. The summed E-state index contributed by atoms with van der Waals surface area (Å²) >= 11 is 1.29. The van der Waals surface area contributed by atoms with E-state index in [4.69, 9.17) is 4.42 Å². The van der Waals surface area contributed by atoms with Gasteiger partial charge in [-0.15, -0.1) is 10.2 Å². The van der Waals surface area contributed by atoms with Crippen molar-refractivity contribution in [3.63, 3.8) is 0 Å². The fourth-order valence-electron chi connectivity index (χ4n) is 2.81. The van der Waals surface area contributed by atoms with Crippen LogP contribution in [0.5, 0.6) is 0 Å². The van der Waals surface area contributed by atoms with E-state index in [1.165, 1.54) is 43.9 Å². The van der Waals surface area contributed by atoms with Crippen LogP contribution in [0.15, 0.2) is 28.0 Å². The summed E-state index contributed by atoms with van der Waals surface area (Å²) in [5.74, 6) is 1.10. The third-order valence-electron chi connectivity index (χ3n) is 4.17. The Morgan fingerprint density at radius 3 is 3.00 bits per heavy atom. The zero-order chi connectivity index (χ0) is 16.1. The van der Waals surface area contributed by atoms with Crippen molar-refractivity contribution in [3.05, 3.63) is 18.3 Å². The minimum atomic E-state index is -0.254. The highest BCUT2D eigenvalue weighted by atomic mass is 32.2. The molecule has 1 amide bonds. The summed E-state index contributed by atoms with van der Waals surface area (Å²) in [6.45, 7) is 2.64. The molecule has 1 aliphatic carbocycles. The molecule has 3 rings (SSSR count). The molecule has 0 aromatic carbocycles. The van der Waals surface area contributed by atoms with Gasteiger partial charge in [-0.2, -0.15) is 0 Å². The normalized spacial score (nSPS) is 17.1. The number of aromatic nitrogens is 3.